The number of para-hydroxylation sites is 2. The Morgan fingerprint density at radius 1 is 1.03 bits per heavy atom. The number of amides is 1. The third kappa shape index (κ3) is 4.03. The smallest absolute Gasteiger partial charge is 0.267 e. The zero-order valence-electron chi connectivity index (χ0n) is 16.6. The van der Waals surface area contributed by atoms with Crippen molar-refractivity contribution < 1.29 is 14.3 Å². The van der Waals surface area contributed by atoms with Crippen LogP contribution in [-0.4, -0.2) is 36.2 Å². The minimum absolute atomic E-state index is 0.0152. The average molecular weight is 409 g/mol. The number of benzene rings is 2. The Bertz CT molecular complexity index is 950. The fraction of sp³-hybridized carbons (Fsp3) is 0.304. The third-order valence-corrected chi connectivity index (χ3v) is 6.21. The van der Waals surface area contributed by atoms with Crippen LogP contribution in [0.4, 0.5) is 5.69 Å². The molecule has 0 bridgehead atoms. The van der Waals surface area contributed by atoms with Crippen molar-refractivity contribution in [3.05, 3.63) is 59.0 Å². The lowest BCUT2D eigenvalue weighted by Gasteiger charge is -2.22. The van der Waals surface area contributed by atoms with Crippen LogP contribution in [0.15, 0.2) is 58.4 Å². The number of carbonyl (C=O) groups excluding carboxylic acids is 1. The first kappa shape index (κ1) is 19.6. The molecule has 29 heavy (non-hydrogen) atoms. The Kier molecular flexibility index (Phi) is 5.90. The fourth-order valence-corrected chi connectivity index (χ4v) is 4.88. The van der Waals surface area contributed by atoms with Crippen LogP contribution < -0.4 is 9.47 Å². The van der Waals surface area contributed by atoms with E-state index in [1.54, 1.807) is 14.2 Å². The number of carbonyl (C=O) groups is 1. The van der Waals surface area contributed by atoms with E-state index in [2.05, 4.69) is 0 Å². The molecule has 1 amide bonds. The van der Waals surface area contributed by atoms with Gasteiger partial charge in [0.05, 0.1) is 24.8 Å². The fourth-order valence-electron chi connectivity index (χ4n) is 3.83. The van der Waals surface area contributed by atoms with Crippen LogP contribution in [0.2, 0.25) is 0 Å². The summed E-state index contributed by atoms with van der Waals surface area (Å²) in [4.78, 5) is 20.7. The van der Waals surface area contributed by atoms with Crippen LogP contribution in [0, 0.1) is 0 Å². The van der Waals surface area contributed by atoms with Gasteiger partial charge < -0.3 is 9.47 Å². The third-order valence-electron chi connectivity index (χ3n) is 5.23. The van der Waals surface area contributed by atoms with Gasteiger partial charge in [0.15, 0.2) is 16.7 Å². The molecule has 1 aliphatic carbocycles. The van der Waals surface area contributed by atoms with Crippen molar-refractivity contribution in [1.82, 2.24) is 4.90 Å². The summed E-state index contributed by atoms with van der Waals surface area (Å²) in [5.41, 5.74) is 1.67. The number of aliphatic imine (C=N–C) groups is 1. The molecular weight excluding hydrogens is 384 g/mol. The molecule has 0 atom stereocenters. The Labute approximate surface area is 175 Å². The highest BCUT2D eigenvalue weighted by Crippen LogP contribution is 2.40. The van der Waals surface area contributed by atoms with Crippen molar-refractivity contribution in [2.45, 2.75) is 31.7 Å². The topological polar surface area (TPSA) is 51.1 Å². The molecule has 0 aromatic heterocycles. The molecule has 5 nitrogen and oxygen atoms in total. The van der Waals surface area contributed by atoms with Crippen molar-refractivity contribution in [3.8, 4) is 11.5 Å². The maximum Gasteiger partial charge on any atom is 0.267 e. The first-order chi connectivity index (χ1) is 14.2. The molecule has 2 aromatic carbocycles. The molecular formula is C23H24N2O3S. The van der Waals surface area contributed by atoms with E-state index >= 15 is 0 Å². The van der Waals surface area contributed by atoms with Crippen LogP contribution in [-0.2, 0) is 4.79 Å². The van der Waals surface area contributed by atoms with Gasteiger partial charge in [-0.25, -0.2) is 4.99 Å². The number of rotatable bonds is 5. The van der Waals surface area contributed by atoms with Gasteiger partial charge in [0.25, 0.3) is 5.91 Å². The monoisotopic (exact) mass is 408 g/mol. The number of nitrogens with zero attached hydrogens (tertiary/aromatic N) is 2. The zero-order valence-corrected chi connectivity index (χ0v) is 17.4. The average Bonchev–Trinajstić information content (AvgIpc) is 3.37. The van der Waals surface area contributed by atoms with Gasteiger partial charge >= 0.3 is 0 Å². The first-order valence-electron chi connectivity index (χ1n) is 9.79. The lowest BCUT2D eigenvalue weighted by Crippen LogP contribution is -2.37. The van der Waals surface area contributed by atoms with Gasteiger partial charge in [0.2, 0.25) is 0 Å². The Balaban J connectivity index is 1.73. The van der Waals surface area contributed by atoms with Crippen LogP contribution in [0.5, 0.6) is 11.5 Å². The molecule has 2 aliphatic rings. The maximum absolute atomic E-state index is 13.3. The van der Waals surface area contributed by atoms with Gasteiger partial charge in [0.1, 0.15) is 0 Å². The van der Waals surface area contributed by atoms with Gasteiger partial charge in [-0.05, 0) is 48.9 Å². The maximum atomic E-state index is 13.3. The summed E-state index contributed by atoms with van der Waals surface area (Å²) in [5.74, 6) is 1.28. The van der Waals surface area contributed by atoms with Crippen LogP contribution in [0.25, 0.3) is 6.08 Å². The van der Waals surface area contributed by atoms with Crippen molar-refractivity contribution in [2.75, 3.05) is 14.2 Å². The van der Waals surface area contributed by atoms with Gasteiger partial charge in [-0.2, -0.15) is 0 Å². The van der Waals surface area contributed by atoms with E-state index in [1.165, 1.54) is 11.8 Å². The van der Waals surface area contributed by atoms with E-state index in [1.807, 2.05) is 59.5 Å². The van der Waals surface area contributed by atoms with E-state index in [4.69, 9.17) is 14.5 Å². The molecule has 0 N–H and O–H groups in total. The first-order valence-corrected chi connectivity index (χ1v) is 10.6. The van der Waals surface area contributed by atoms with Crippen LogP contribution in [0.3, 0.4) is 0 Å². The highest BCUT2D eigenvalue weighted by molar-refractivity contribution is 8.18. The second-order valence-corrected chi connectivity index (χ2v) is 8.05. The van der Waals surface area contributed by atoms with E-state index in [0.29, 0.717) is 16.4 Å². The summed E-state index contributed by atoms with van der Waals surface area (Å²) in [7, 11) is 3.22. The number of ether oxygens (including phenoxy) is 2. The molecule has 0 unspecified atom stereocenters. The lowest BCUT2D eigenvalue weighted by molar-refractivity contribution is -0.123. The lowest BCUT2D eigenvalue weighted by atomic mass is 10.1. The molecule has 1 aliphatic heterocycles. The van der Waals surface area contributed by atoms with Gasteiger partial charge in [0, 0.05) is 11.6 Å². The quantitative estimate of drug-likeness (QED) is 0.634. The molecule has 0 radical (unpaired) electrons. The zero-order chi connectivity index (χ0) is 20.2. The predicted molar refractivity (Wildman–Crippen MR) is 118 cm³/mol. The highest BCUT2D eigenvalue weighted by Gasteiger charge is 2.39. The second kappa shape index (κ2) is 8.74. The van der Waals surface area contributed by atoms with E-state index in [0.717, 1.165) is 42.1 Å². The summed E-state index contributed by atoms with van der Waals surface area (Å²) in [5, 5.41) is 0.751. The summed E-state index contributed by atoms with van der Waals surface area (Å²) >= 11 is 1.43. The molecule has 4 rings (SSSR count). The predicted octanol–water partition coefficient (Wildman–Crippen LogP) is 5.25. The van der Waals surface area contributed by atoms with Crippen molar-refractivity contribution in [2.24, 2.45) is 4.99 Å². The summed E-state index contributed by atoms with van der Waals surface area (Å²) in [6, 6.07) is 15.7. The van der Waals surface area contributed by atoms with E-state index < -0.39 is 0 Å². The Hall–Kier alpha value is -2.73. The van der Waals surface area contributed by atoms with Crippen LogP contribution >= 0.6 is 11.8 Å². The van der Waals surface area contributed by atoms with Crippen molar-refractivity contribution in [1.29, 1.82) is 0 Å². The standard InChI is InChI=1S/C23H24N2O3S/c1-27-19-14-8-9-16(21(19)28-2)15-20-22(26)25(18-12-6-7-13-18)23(29-20)24-17-10-4-3-5-11-17/h3-5,8-11,14-15,18H,6-7,12-13H2,1-2H3/b20-15-,24-23?. The van der Waals surface area contributed by atoms with Gasteiger partial charge in [-0.15, -0.1) is 0 Å². The Morgan fingerprint density at radius 3 is 2.48 bits per heavy atom. The molecule has 6 heteroatoms. The molecule has 1 heterocycles. The number of hydrogen-bond acceptors (Lipinski definition) is 5. The number of methoxy groups -OCH3 is 2. The van der Waals surface area contributed by atoms with Crippen molar-refractivity contribution >= 4 is 34.6 Å². The summed E-state index contributed by atoms with van der Waals surface area (Å²) < 4.78 is 10.9. The normalized spacial score (nSPS) is 20.1. The second-order valence-electron chi connectivity index (χ2n) is 7.04. The SMILES string of the molecule is COc1cccc(/C=C2\SC(=Nc3ccccc3)N(C3CCCC3)C2=O)c1OC. The van der Waals surface area contributed by atoms with Crippen molar-refractivity contribution in [3.63, 3.8) is 0 Å². The molecule has 1 saturated heterocycles. The number of amidine groups is 1. The molecule has 2 aromatic rings. The van der Waals surface area contributed by atoms with E-state index in [-0.39, 0.29) is 11.9 Å². The Morgan fingerprint density at radius 2 is 1.79 bits per heavy atom. The largest absolute Gasteiger partial charge is 0.493 e. The minimum atomic E-state index is 0.0152. The van der Waals surface area contributed by atoms with E-state index in [9.17, 15) is 4.79 Å². The van der Waals surface area contributed by atoms with Gasteiger partial charge in [-0.1, -0.05) is 43.2 Å². The molecule has 0 spiro atoms. The van der Waals surface area contributed by atoms with Gasteiger partial charge in [-0.3, -0.25) is 9.69 Å². The molecule has 150 valence electrons. The summed E-state index contributed by atoms with van der Waals surface area (Å²) in [6.45, 7) is 0. The number of thioether (sulfide) groups is 1. The molecule has 1 saturated carbocycles. The van der Waals surface area contributed by atoms with Crippen LogP contribution in [0.1, 0.15) is 31.2 Å². The molecule has 2 fully saturated rings. The minimum Gasteiger partial charge on any atom is -0.493 e. The highest BCUT2D eigenvalue weighted by atomic mass is 32.2. The summed E-state index contributed by atoms with van der Waals surface area (Å²) in [6.07, 6.45) is 6.23. The number of hydrogen-bond donors (Lipinski definition) is 0.